The number of hydrogen-bond acceptors (Lipinski definition) is 4. The van der Waals surface area contributed by atoms with Gasteiger partial charge >= 0.3 is 11.9 Å². The molecule has 2 N–H and O–H groups in total. The molecule has 2 rings (SSSR count). The summed E-state index contributed by atoms with van der Waals surface area (Å²) in [5.41, 5.74) is 0.491. The lowest BCUT2D eigenvalue weighted by molar-refractivity contribution is 0.0688. The topological polar surface area (TPSA) is 87.5 Å². The third-order valence-corrected chi connectivity index (χ3v) is 2.81. The Morgan fingerprint density at radius 3 is 2.60 bits per heavy atom. The largest absolute Gasteiger partial charge is 0.478 e. The number of aromatic carboxylic acids is 2. The van der Waals surface area contributed by atoms with Crippen LogP contribution >= 0.6 is 11.3 Å². The summed E-state index contributed by atoms with van der Waals surface area (Å²) in [5.74, 6) is -2.13. The number of fused-ring (bicyclic) bond motifs is 1. The molecule has 0 saturated carbocycles. The van der Waals surface area contributed by atoms with Crippen LogP contribution in [0.4, 0.5) is 0 Å². The van der Waals surface area contributed by atoms with Gasteiger partial charge in [0.1, 0.15) is 0 Å². The van der Waals surface area contributed by atoms with Gasteiger partial charge in [0.2, 0.25) is 0 Å². The summed E-state index contributed by atoms with van der Waals surface area (Å²) < 4.78 is 0.562. The van der Waals surface area contributed by atoms with Crippen LogP contribution in [0.2, 0.25) is 0 Å². The minimum atomic E-state index is -1.07. The lowest BCUT2D eigenvalue weighted by Gasteiger charge is -1.94. The normalized spacial score (nSPS) is 10.4. The first-order valence-corrected chi connectivity index (χ1v) is 4.81. The molecule has 0 fully saturated rings. The number of thiophene rings is 1. The zero-order valence-corrected chi connectivity index (χ0v) is 8.11. The van der Waals surface area contributed by atoms with Crippen LogP contribution in [0.15, 0.2) is 17.6 Å². The Hall–Kier alpha value is -1.95. The van der Waals surface area contributed by atoms with E-state index in [0.29, 0.717) is 10.2 Å². The van der Waals surface area contributed by atoms with E-state index in [0.717, 1.165) is 6.20 Å². The zero-order chi connectivity index (χ0) is 11.0. The van der Waals surface area contributed by atoms with E-state index in [1.807, 2.05) is 0 Å². The molecule has 0 radical (unpaired) electrons. The number of nitrogens with zero attached hydrogens (tertiary/aromatic N) is 1. The van der Waals surface area contributed by atoms with Crippen molar-refractivity contribution in [3.63, 3.8) is 0 Å². The summed E-state index contributed by atoms with van der Waals surface area (Å²) in [5, 5.41) is 19.0. The van der Waals surface area contributed by atoms with Crippen LogP contribution in [0.25, 0.3) is 10.2 Å². The predicted octanol–water partition coefficient (Wildman–Crippen LogP) is 1.69. The summed E-state index contributed by atoms with van der Waals surface area (Å²) in [6.07, 6.45) is 1.16. The first kappa shape index (κ1) is 9.60. The van der Waals surface area contributed by atoms with Crippen LogP contribution in [0.3, 0.4) is 0 Å². The highest BCUT2D eigenvalue weighted by Crippen LogP contribution is 2.24. The number of pyridine rings is 1. The van der Waals surface area contributed by atoms with Gasteiger partial charge in [0.25, 0.3) is 0 Å². The molecule has 2 aromatic rings. The molecule has 0 aliphatic rings. The van der Waals surface area contributed by atoms with E-state index in [1.165, 1.54) is 22.8 Å². The van der Waals surface area contributed by atoms with Gasteiger partial charge in [0, 0.05) is 11.6 Å². The highest BCUT2D eigenvalue weighted by atomic mass is 32.1. The molecule has 0 amide bonds. The van der Waals surface area contributed by atoms with Crippen molar-refractivity contribution in [1.29, 1.82) is 0 Å². The SMILES string of the molecule is O=C(O)c1cnc2c(C(=O)O)csc2c1. The second-order valence-corrected chi connectivity index (χ2v) is 3.74. The van der Waals surface area contributed by atoms with Crippen molar-refractivity contribution in [3.8, 4) is 0 Å². The molecule has 6 heteroatoms. The maximum atomic E-state index is 10.7. The van der Waals surface area contributed by atoms with Crippen molar-refractivity contribution in [3.05, 3.63) is 28.8 Å². The lowest BCUT2D eigenvalue weighted by Crippen LogP contribution is -1.98. The van der Waals surface area contributed by atoms with E-state index in [2.05, 4.69) is 4.98 Å². The average Bonchev–Trinajstić information content (AvgIpc) is 2.59. The van der Waals surface area contributed by atoms with Gasteiger partial charge in [-0.1, -0.05) is 0 Å². The fraction of sp³-hybridized carbons (Fsp3) is 0. The molecule has 0 spiro atoms. The quantitative estimate of drug-likeness (QED) is 0.808. The van der Waals surface area contributed by atoms with E-state index < -0.39 is 11.9 Å². The first-order chi connectivity index (χ1) is 7.09. The van der Waals surface area contributed by atoms with Gasteiger partial charge in [-0.2, -0.15) is 0 Å². The predicted molar refractivity (Wildman–Crippen MR) is 53.5 cm³/mol. The average molecular weight is 223 g/mol. The first-order valence-electron chi connectivity index (χ1n) is 3.93. The summed E-state index contributed by atoms with van der Waals surface area (Å²) in [6, 6.07) is 1.42. The lowest BCUT2D eigenvalue weighted by atomic mass is 10.2. The van der Waals surface area contributed by atoms with Gasteiger partial charge < -0.3 is 10.2 Å². The van der Waals surface area contributed by atoms with E-state index >= 15 is 0 Å². The Bertz CT molecular complexity index is 560. The maximum Gasteiger partial charge on any atom is 0.338 e. The number of rotatable bonds is 2. The van der Waals surface area contributed by atoms with E-state index in [-0.39, 0.29) is 11.1 Å². The molecule has 0 aliphatic carbocycles. The highest BCUT2D eigenvalue weighted by Gasteiger charge is 2.13. The molecule has 0 saturated heterocycles. The third-order valence-electron chi connectivity index (χ3n) is 1.89. The monoisotopic (exact) mass is 223 g/mol. The van der Waals surface area contributed by atoms with Crippen molar-refractivity contribution >= 4 is 33.5 Å². The third kappa shape index (κ3) is 1.55. The molecule has 5 nitrogen and oxygen atoms in total. The molecular weight excluding hydrogens is 218 g/mol. The van der Waals surface area contributed by atoms with Gasteiger partial charge in [-0.25, -0.2) is 9.59 Å². The molecule has 0 aliphatic heterocycles. The van der Waals surface area contributed by atoms with Crippen LogP contribution in [-0.4, -0.2) is 27.1 Å². The van der Waals surface area contributed by atoms with Crippen LogP contribution in [-0.2, 0) is 0 Å². The van der Waals surface area contributed by atoms with Crippen molar-refractivity contribution in [2.75, 3.05) is 0 Å². The number of aromatic nitrogens is 1. The van der Waals surface area contributed by atoms with E-state index in [4.69, 9.17) is 10.2 Å². The summed E-state index contributed by atoms with van der Waals surface area (Å²) >= 11 is 1.17. The van der Waals surface area contributed by atoms with E-state index in [1.54, 1.807) is 0 Å². The molecular formula is C9H5NO4S. The minimum absolute atomic E-state index is 0.0567. The minimum Gasteiger partial charge on any atom is -0.478 e. The maximum absolute atomic E-state index is 10.7. The van der Waals surface area contributed by atoms with Crippen molar-refractivity contribution in [2.45, 2.75) is 0 Å². The number of hydrogen-bond donors (Lipinski definition) is 2. The Morgan fingerprint density at radius 1 is 1.27 bits per heavy atom. The molecule has 2 aromatic heterocycles. The molecule has 15 heavy (non-hydrogen) atoms. The molecule has 0 atom stereocenters. The highest BCUT2D eigenvalue weighted by molar-refractivity contribution is 7.17. The fourth-order valence-electron chi connectivity index (χ4n) is 1.18. The standard InChI is InChI=1S/C9H5NO4S/c11-8(12)4-1-6-7(10-2-4)5(3-15-6)9(13)14/h1-3H,(H,11,12)(H,13,14). The van der Waals surface area contributed by atoms with Gasteiger partial charge in [0.15, 0.2) is 0 Å². The smallest absolute Gasteiger partial charge is 0.338 e. The Morgan fingerprint density at radius 2 is 2.00 bits per heavy atom. The Labute approximate surface area is 87.6 Å². The molecule has 0 unspecified atom stereocenters. The second-order valence-electron chi connectivity index (χ2n) is 2.83. The van der Waals surface area contributed by atoms with Crippen molar-refractivity contribution in [1.82, 2.24) is 4.98 Å². The summed E-state index contributed by atoms with van der Waals surface area (Å²) in [7, 11) is 0. The Kier molecular flexibility index (Phi) is 2.12. The van der Waals surface area contributed by atoms with Crippen LogP contribution < -0.4 is 0 Å². The number of carboxylic acids is 2. The Balaban J connectivity index is 2.66. The molecule has 0 aromatic carbocycles. The van der Waals surface area contributed by atoms with E-state index in [9.17, 15) is 9.59 Å². The van der Waals surface area contributed by atoms with Crippen molar-refractivity contribution < 1.29 is 19.8 Å². The second kappa shape index (κ2) is 3.32. The molecule has 2 heterocycles. The summed E-state index contributed by atoms with van der Waals surface area (Å²) in [6.45, 7) is 0. The van der Waals surface area contributed by atoms with Crippen LogP contribution in [0, 0.1) is 0 Å². The zero-order valence-electron chi connectivity index (χ0n) is 7.30. The number of carbonyl (C=O) groups is 2. The van der Waals surface area contributed by atoms with Gasteiger partial charge in [0.05, 0.1) is 21.3 Å². The molecule has 76 valence electrons. The van der Waals surface area contributed by atoms with Crippen LogP contribution in [0.5, 0.6) is 0 Å². The number of carboxylic acid groups (broad SMARTS) is 2. The van der Waals surface area contributed by atoms with Gasteiger partial charge in [-0.3, -0.25) is 4.98 Å². The fourth-order valence-corrected chi connectivity index (χ4v) is 2.11. The van der Waals surface area contributed by atoms with Gasteiger partial charge in [-0.15, -0.1) is 11.3 Å². The van der Waals surface area contributed by atoms with Crippen molar-refractivity contribution in [2.24, 2.45) is 0 Å². The van der Waals surface area contributed by atoms with Gasteiger partial charge in [-0.05, 0) is 6.07 Å². The molecule has 0 bridgehead atoms. The van der Waals surface area contributed by atoms with Crippen LogP contribution in [0.1, 0.15) is 20.7 Å². The summed E-state index contributed by atoms with van der Waals surface area (Å²) in [4.78, 5) is 25.2.